The van der Waals surface area contributed by atoms with Crippen molar-refractivity contribution in [3.05, 3.63) is 34.6 Å². The van der Waals surface area contributed by atoms with Crippen LogP contribution < -0.4 is 0 Å². The molecule has 2 aromatic rings. The van der Waals surface area contributed by atoms with E-state index in [2.05, 4.69) is 26.1 Å². The van der Waals surface area contributed by atoms with Gasteiger partial charge in [0.15, 0.2) is 5.82 Å². The van der Waals surface area contributed by atoms with Crippen LogP contribution >= 0.6 is 15.9 Å². The molecule has 5 heteroatoms. The third-order valence-corrected chi connectivity index (χ3v) is 2.17. The molecule has 72 valence electrons. The SMILES string of the molecule is OCc1noc(-c2cccc(Br)c2)n1. The minimum Gasteiger partial charge on any atom is -0.388 e. The molecule has 0 aliphatic carbocycles. The van der Waals surface area contributed by atoms with Crippen molar-refractivity contribution in [1.82, 2.24) is 10.1 Å². The smallest absolute Gasteiger partial charge is 0.258 e. The van der Waals surface area contributed by atoms with Crippen LogP contribution in [0.4, 0.5) is 0 Å². The van der Waals surface area contributed by atoms with E-state index < -0.39 is 0 Å². The van der Waals surface area contributed by atoms with Gasteiger partial charge in [0.05, 0.1) is 0 Å². The molecular formula is C9H7BrN2O2. The number of hydrogen-bond acceptors (Lipinski definition) is 4. The summed E-state index contributed by atoms with van der Waals surface area (Å²) in [6, 6.07) is 7.52. The van der Waals surface area contributed by atoms with Gasteiger partial charge in [0.2, 0.25) is 0 Å². The first-order chi connectivity index (χ1) is 6.79. The topological polar surface area (TPSA) is 59.2 Å². The van der Waals surface area contributed by atoms with Crippen molar-refractivity contribution in [3.63, 3.8) is 0 Å². The Bertz CT molecular complexity index is 442. The molecule has 0 saturated heterocycles. The van der Waals surface area contributed by atoms with Gasteiger partial charge in [-0.1, -0.05) is 27.2 Å². The molecule has 0 unspecified atom stereocenters. The highest BCUT2D eigenvalue weighted by Gasteiger charge is 2.07. The Morgan fingerprint density at radius 1 is 1.43 bits per heavy atom. The first-order valence-corrected chi connectivity index (χ1v) is 4.78. The van der Waals surface area contributed by atoms with E-state index in [1.54, 1.807) is 0 Å². The Labute approximate surface area is 88.7 Å². The Balaban J connectivity index is 2.39. The molecule has 0 saturated carbocycles. The van der Waals surface area contributed by atoms with Gasteiger partial charge in [-0.2, -0.15) is 4.98 Å². The molecule has 0 atom stereocenters. The maximum absolute atomic E-state index is 8.76. The summed E-state index contributed by atoms with van der Waals surface area (Å²) in [5, 5.41) is 12.3. The second-order valence-corrected chi connectivity index (χ2v) is 3.60. The molecule has 0 aliphatic heterocycles. The number of aliphatic hydroxyl groups is 1. The molecule has 0 fully saturated rings. The molecule has 0 amide bonds. The van der Waals surface area contributed by atoms with Gasteiger partial charge in [-0.25, -0.2) is 0 Å². The summed E-state index contributed by atoms with van der Waals surface area (Å²) in [4.78, 5) is 3.99. The van der Waals surface area contributed by atoms with Gasteiger partial charge in [-0.05, 0) is 18.2 Å². The number of nitrogens with zero attached hydrogens (tertiary/aromatic N) is 2. The third kappa shape index (κ3) is 1.83. The quantitative estimate of drug-likeness (QED) is 0.891. The van der Waals surface area contributed by atoms with Crippen LogP contribution in [0.1, 0.15) is 5.82 Å². The van der Waals surface area contributed by atoms with Crippen molar-refractivity contribution in [2.24, 2.45) is 0 Å². The van der Waals surface area contributed by atoms with Crippen LogP contribution in [0.25, 0.3) is 11.5 Å². The Hall–Kier alpha value is -1.20. The van der Waals surface area contributed by atoms with Gasteiger partial charge in [-0.15, -0.1) is 0 Å². The highest BCUT2D eigenvalue weighted by Crippen LogP contribution is 2.21. The zero-order chi connectivity index (χ0) is 9.97. The molecule has 0 aliphatic rings. The van der Waals surface area contributed by atoms with E-state index in [-0.39, 0.29) is 6.61 Å². The molecule has 0 bridgehead atoms. The van der Waals surface area contributed by atoms with Crippen LogP contribution in [-0.4, -0.2) is 15.2 Å². The van der Waals surface area contributed by atoms with Crippen LogP contribution in [-0.2, 0) is 6.61 Å². The molecule has 2 rings (SSSR count). The molecule has 4 nitrogen and oxygen atoms in total. The lowest BCUT2D eigenvalue weighted by molar-refractivity contribution is 0.264. The minimum absolute atomic E-state index is 0.211. The molecule has 1 aromatic heterocycles. The Kier molecular flexibility index (Phi) is 2.60. The van der Waals surface area contributed by atoms with E-state index in [4.69, 9.17) is 9.63 Å². The lowest BCUT2D eigenvalue weighted by atomic mass is 10.2. The predicted molar refractivity (Wildman–Crippen MR) is 53.4 cm³/mol. The molecule has 1 N–H and O–H groups in total. The van der Waals surface area contributed by atoms with Crippen molar-refractivity contribution in [2.45, 2.75) is 6.61 Å². The van der Waals surface area contributed by atoms with Crippen LogP contribution in [0.2, 0.25) is 0 Å². The van der Waals surface area contributed by atoms with Gasteiger partial charge in [0, 0.05) is 10.0 Å². The number of benzene rings is 1. The van der Waals surface area contributed by atoms with Crippen molar-refractivity contribution < 1.29 is 9.63 Å². The highest BCUT2D eigenvalue weighted by atomic mass is 79.9. The van der Waals surface area contributed by atoms with E-state index in [9.17, 15) is 0 Å². The fourth-order valence-electron chi connectivity index (χ4n) is 1.06. The average Bonchev–Trinajstić information content (AvgIpc) is 2.66. The first kappa shape index (κ1) is 9.36. The largest absolute Gasteiger partial charge is 0.388 e. The number of hydrogen-bond donors (Lipinski definition) is 1. The van der Waals surface area contributed by atoms with Crippen LogP contribution in [0.5, 0.6) is 0 Å². The van der Waals surface area contributed by atoms with E-state index >= 15 is 0 Å². The van der Waals surface area contributed by atoms with E-state index in [1.165, 1.54) is 0 Å². The van der Waals surface area contributed by atoms with Crippen molar-refractivity contribution in [3.8, 4) is 11.5 Å². The van der Waals surface area contributed by atoms with Crippen molar-refractivity contribution in [1.29, 1.82) is 0 Å². The van der Waals surface area contributed by atoms with Gasteiger partial charge in [0.1, 0.15) is 6.61 Å². The Morgan fingerprint density at radius 3 is 2.93 bits per heavy atom. The van der Waals surface area contributed by atoms with Crippen LogP contribution in [0.15, 0.2) is 33.3 Å². The van der Waals surface area contributed by atoms with E-state index in [0.29, 0.717) is 11.7 Å². The molecule has 14 heavy (non-hydrogen) atoms. The average molecular weight is 255 g/mol. The highest BCUT2D eigenvalue weighted by molar-refractivity contribution is 9.10. The van der Waals surface area contributed by atoms with E-state index in [1.807, 2.05) is 24.3 Å². The Morgan fingerprint density at radius 2 is 2.29 bits per heavy atom. The maximum Gasteiger partial charge on any atom is 0.258 e. The predicted octanol–water partition coefficient (Wildman–Crippen LogP) is 1.99. The molecule has 1 heterocycles. The van der Waals surface area contributed by atoms with E-state index in [0.717, 1.165) is 10.0 Å². The fraction of sp³-hybridized carbons (Fsp3) is 0.111. The summed E-state index contributed by atoms with van der Waals surface area (Å²) in [6.45, 7) is -0.211. The summed E-state index contributed by atoms with van der Waals surface area (Å²) in [5.74, 6) is 0.704. The molecule has 0 radical (unpaired) electrons. The maximum atomic E-state index is 8.76. The van der Waals surface area contributed by atoms with Crippen molar-refractivity contribution in [2.75, 3.05) is 0 Å². The normalized spacial score (nSPS) is 10.4. The number of aliphatic hydroxyl groups excluding tert-OH is 1. The zero-order valence-corrected chi connectivity index (χ0v) is 8.73. The number of halogens is 1. The zero-order valence-electron chi connectivity index (χ0n) is 7.14. The van der Waals surface area contributed by atoms with Crippen molar-refractivity contribution >= 4 is 15.9 Å². The summed E-state index contributed by atoms with van der Waals surface area (Å²) in [7, 11) is 0. The fourth-order valence-corrected chi connectivity index (χ4v) is 1.46. The summed E-state index contributed by atoms with van der Waals surface area (Å²) >= 11 is 3.34. The van der Waals surface area contributed by atoms with Crippen LogP contribution in [0.3, 0.4) is 0 Å². The molecule has 1 aromatic carbocycles. The van der Waals surface area contributed by atoms with Gasteiger partial charge >= 0.3 is 0 Å². The second kappa shape index (κ2) is 3.89. The van der Waals surface area contributed by atoms with Crippen LogP contribution in [0, 0.1) is 0 Å². The third-order valence-electron chi connectivity index (χ3n) is 1.68. The minimum atomic E-state index is -0.211. The monoisotopic (exact) mass is 254 g/mol. The lowest BCUT2D eigenvalue weighted by Crippen LogP contribution is -1.84. The molecular weight excluding hydrogens is 248 g/mol. The summed E-state index contributed by atoms with van der Waals surface area (Å²) < 4.78 is 5.90. The lowest BCUT2D eigenvalue weighted by Gasteiger charge is -1.93. The summed E-state index contributed by atoms with van der Waals surface area (Å²) in [5.41, 5.74) is 0.826. The number of rotatable bonds is 2. The molecule has 0 spiro atoms. The second-order valence-electron chi connectivity index (χ2n) is 2.68. The van der Waals surface area contributed by atoms with Gasteiger partial charge < -0.3 is 9.63 Å². The number of aromatic nitrogens is 2. The summed E-state index contributed by atoms with van der Waals surface area (Å²) in [6.07, 6.45) is 0. The standard InChI is InChI=1S/C9H7BrN2O2/c10-7-3-1-2-6(4-7)9-11-8(5-13)12-14-9/h1-4,13H,5H2. The van der Waals surface area contributed by atoms with Gasteiger partial charge in [0.25, 0.3) is 5.89 Å². The first-order valence-electron chi connectivity index (χ1n) is 3.99. The van der Waals surface area contributed by atoms with Gasteiger partial charge in [-0.3, -0.25) is 0 Å².